The van der Waals surface area contributed by atoms with Gasteiger partial charge in [0.2, 0.25) is 11.8 Å². The zero-order chi connectivity index (χ0) is 24.4. The van der Waals surface area contributed by atoms with Crippen LogP contribution in [0.5, 0.6) is 5.88 Å². The number of carbonyl (C=O) groups excluding carboxylic acids is 1. The molecule has 0 spiro atoms. The third-order valence-electron chi connectivity index (χ3n) is 6.56. The summed E-state index contributed by atoms with van der Waals surface area (Å²) in [5, 5.41) is 21.4. The van der Waals surface area contributed by atoms with Crippen LogP contribution in [0.15, 0.2) is 29.6 Å². The number of aromatic nitrogens is 4. The minimum Gasteiger partial charge on any atom is -0.480 e. The molecule has 35 heavy (non-hydrogen) atoms. The maximum Gasteiger partial charge on any atom is 0.236 e. The van der Waals surface area contributed by atoms with Crippen LogP contribution < -0.4 is 20.7 Å². The number of amides is 1. The van der Waals surface area contributed by atoms with Crippen molar-refractivity contribution < 1.29 is 14.6 Å². The van der Waals surface area contributed by atoms with E-state index in [9.17, 15) is 9.90 Å². The van der Waals surface area contributed by atoms with E-state index in [-0.39, 0.29) is 18.0 Å². The Morgan fingerprint density at radius 1 is 1.17 bits per heavy atom. The first-order valence-electron chi connectivity index (χ1n) is 11.7. The average molecular weight is 496 g/mol. The lowest BCUT2D eigenvalue weighted by Crippen LogP contribution is -2.48. The minimum absolute atomic E-state index is 0.00273. The molecule has 1 aromatic carbocycles. The van der Waals surface area contributed by atoms with Crippen molar-refractivity contribution in [1.29, 1.82) is 0 Å². The molecule has 4 N–H and O–H groups in total. The molecule has 5 rings (SSSR count). The molecule has 1 saturated carbocycles. The topological polar surface area (TPSA) is 134 Å². The quantitative estimate of drug-likeness (QED) is 0.385. The van der Waals surface area contributed by atoms with Crippen molar-refractivity contribution in [3.8, 4) is 5.88 Å². The first-order valence-corrected chi connectivity index (χ1v) is 12.7. The van der Waals surface area contributed by atoms with Gasteiger partial charge in [-0.15, -0.1) is 0 Å². The Bertz CT molecular complexity index is 1240. The Hall–Kier alpha value is -2.86. The number of carbonyl (C=O) groups is 1. The Balaban J connectivity index is 1.16. The molecule has 3 atom stereocenters. The molecule has 2 aliphatic rings. The molecule has 1 aliphatic carbocycles. The van der Waals surface area contributed by atoms with Crippen LogP contribution in [0.1, 0.15) is 36.1 Å². The predicted octanol–water partition coefficient (Wildman–Crippen LogP) is 1.94. The molecule has 0 unspecified atom stereocenters. The highest BCUT2D eigenvalue weighted by Gasteiger charge is 2.29. The van der Waals surface area contributed by atoms with E-state index in [0.29, 0.717) is 37.0 Å². The van der Waals surface area contributed by atoms with E-state index in [1.165, 1.54) is 11.8 Å². The molecule has 2 aromatic heterocycles. The van der Waals surface area contributed by atoms with Crippen molar-refractivity contribution in [3.05, 3.63) is 41.3 Å². The van der Waals surface area contributed by atoms with Gasteiger partial charge in [0, 0.05) is 25.2 Å². The number of hydrogen-bond donors (Lipinski definition) is 4. The maximum absolute atomic E-state index is 11.6. The van der Waals surface area contributed by atoms with Crippen LogP contribution in [0.3, 0.4) is 0 Å². The number of hydrogen-bond acceptors (Lipinski definition) is 10. The molecule has 1 fully saturated rings. The molecule has 0 bridgehead atoms. The molecule has 0 saturated heterocycles. The van der Waals surface area contributed by atoms with Crippen LogP contribution in [0.2, 0.25) is 0 Å². The van der Waals surface area contributed by atoms with Crippen LogP contribution in [0.4, 0.5) is 5.82 Å². The summed E-state index contributed by atoms with van der Waals surface area (Å²) >= 11 is 1.40. The van der Waals surface area contributed by atoms with E-state index in [2.05, 4.69) is 42.8 Å². The van der Waals surface area contributed by atoms with Gasteiger partial charge in [-0.3, -0.25) is 4.79 Å². The molecule has 0 radical (unpaired) electrons. The normalized spacial score (nSPS) is 22.0. The first kappa shape index (κ1) is 23.9. The summed E-state index contributed by atoms with van der Waals surface area (Å²) in [7, 11) is 1.58. The number of thioether (sulfide) groups is 1. The number of methoxy groups -OCH3 is 1. The summed E-state index contributed by atoms with van der Waals surface area (Å²) in [6.45, 7) is 3.19. The average Bonchev–Trinajstić information content (AvgIpc) is 2.87. The smallest absolute Gasteiger partial charge is 0.236 e. The number of aliphatic hydroxyl groups excluding tert-OH is 1. The molecule has 1 amide bonds. The first-order chi connectivity index (χ1) is 17.0. The number of ether oxygens (including phenoxy) is 1. The fourth-order valence-electron chi connectivity index (χ4n) is 4.58. The number of nitrogens with one attached hydrogen (secondary N) is 3. The van der Waals surface area contributed by atoms with Crippen LogP contribution in [-0.2, 0) is 17.9 Å². The second-order valence-electron chi connectivity index (χ2n) is 8.94. The van der Waals surface area contributed by atoms with Crippen molar-refractivity contribution in [1.82, 2.24) is 30.6 Å². The molecule has 10 nitrogen and oxygen atoms in total. The molecule has 3 aromatic rings. The fraction of sp³-hybridized carbons (Fsp3) is 0.458. The Kier molecular flexibility index (Phi) is 7.09. The third kappa shape index (κ3) is 5.37. The number of anilines is 1. The van der Waals surface area contributed by atoms with Crippen LogP contribution in [-0.4, -0.2) is 62.0 Å². The van der Waals surface area contributed by atoms with Crippen LogP contribution in [0, 0.1) is 6.92 Å². The van der Waals surface area contributed by atoms with E-state index < -0.39 is 6.10 Å². The number of rotatable bonds is 7. The van der Waals surface area contributed by atoms with E-state index in [1.54, 1.807) is 19.5 Å². The van der Waals surface area contributed by atoms with Crippen LogP contribution in [0.25, 0.3) is 11.0 Å². The van der Waals surface area contributed by atoms with Crippen LogP contribution >= 0.6 is 11.8 Å². The molecular formula is C24H29N7O3S. The molecule has 11 heteroatoms. The lowest BCUT2D eigenvalue weighted by Gasteiger charge is -2.34. The van der Waals surface area contributed by atoms with Gasteiger partial charge in [-0.2, -0.15) is 0 Å². The number of aliphatic hydroxyl groups is 1. The maximum atomic E-state index is 11.6. The van der Waals surface area contributed by atoms with Gasteiger partial charge in [0.15, 0.2) is 5.82 Å². The highest BCUT2D eigenvalue weighted by Crippen LogP contribution is 2.28. The van der Waals surface area contributed by atoms with E-state index in [1.807, 2.05) is 12.1 Å². The molecule has 3 heterocycles. The molecule has 184 valence electrons. The fourth-order valence-corrected chi connectivity index (χ4v) is 5.28. The molecule has 1 aliphatic heterocycles. The van der Waals surface area contributed by atoms with Gasteiger partial charge < -0.3 is 25.8 Å². The van der Waals surface area contributed by atoms with Crippen molar-refractivity contribution in [2.24, 2.45) is 0 Å². The van der Waals surface area contributed by atoms with Crippen molar-refractivity contribution in [2.75, 3.05) is 18.2 Å². The number of fused-ring (bicyclic) bond motifs is 2. The Labute approximate surface area is 207 Å². The summed E-state index contributed by atoms with van der Waals surface area (Å²) in [5.74, 6) is 1.34. The van der Waals surface area contributed by atoms with E-state index in [4.69, 9.17) is 4.74 Å². The minimum atomic E-state index is -0.470. The number of benzene rings is 1. The van der Waals surface area contributed by atoms with Gasteiger partial charge in [0.05, 0.1) is 48.1 Å². The van der Waals surface area contributed by atoms with Gasteiger partial charge in [-0.05, 0) is 43.4 Å². The lowest BCUT2D eigenvalue weighted by molar-refractivity contribution is -0.113. The third-order valence-corrected chi connectivity index (χ3v) is 7.54. The predicted molar refractivity (Wildman–Crippen MR) is 133 cm³/mol. The zero-order valence-corrected chi connectivity index (χ0v) is 20.6. The number of nitrogens with zero attached hydrogens (tertiary/aromatic N) is 4. The largest absolute Gasteiger partial charge is 0.480 e. The second-order valence-corrected chi connectivity index (χ2v) is 9.90. The summed E-state index contributed by atoms with van der Waals surface area (Å²) in [6, 6.07) is 4.19. The van der Waals surface area contributed by atoms with E-state index in [0.717, 1.165) is 45.7 Å². The van der Waals surface area contributed by atoms with Gasteiger partial charge in [0.1, 0.15) is 5.03 Å². The SMILES string of the molecule is COc1cnc2ccc(C)c(CN[C@@H]3CC[C@@H](NCc4cnc5c(n4)NC(=O)CS5)C[C@@H]3O)c2n1. The van der Waals surface area contributed by atoms with Crippen molar-refractivity contribution >= 4 is 34.5 Å². The number of aryl methyl sites for hydroxylation is 1. The van der Waals surface area contributed by atoms with Gasteiger partial charge in [-0.25, -0.2) is 19.9 Å². The highest BCUT2D eigenvalue weighted by molar-refractivity contribution is 8.00. The summed E-state index contributed by atoms with van der Waals surface area (Å²) in [6.07, 6.45) is 5.32. The zero-order valence-electron chi connectivity index (χ0n) is 19.7. The standard InChI is InChI=1S/C24H29N7O3S/c1-13-3-5-18-22(31-21(34-2)11-27-18)16(13)10-26-17-6-4-14(7-19(17)32)25-8-15-9-28-24-23(29-15)30-20(33)12-35-24/h3,5,9,11,14,17,19,25-26,32H,4,6-8,10,12H2,1-2H3,(H,29,30,33)/t14-,17-,19+/m1/s1. The van der Waals surface area contributed by atoms with Crippen molar-refractivity contribution in [3.63, 3.8) is 0 Å². The lowest BCUT2D eigenvalue weighted by atomic mass is 9.88. The summed E-state index contributed by atoms with van der Waals surface area (Å²) < 4.78 is 5.26. The highest BCUT2D eigenvalue weighted by atomic mass is 32.2. The summed E-state index contributed by atoms with van der Waals surface area (Å²) in [5.41, 5.74) is 4.60. The van der Waals surface area contributed by atoms with Gasteiger partial charge in [0.25, 0.3) is 0 Å². The monoisotopic (exact) mass is 495 g/mol. The Morgan fingerprint density at radius 2 is 2.06 bits per heavy atom. The van der Waals surface area contributed by atoms with Gasteiger partial charge in [-0.1, -0.05) is 17.8 Å². The van der Waals surface area contributed by atoms with Crippen molar-refractivity contribution in [2.45, 2.75) is 62.5 Å². The Morgan fingerprint density at radius 3 is 2.89 bits per heavy atom. The molecular weight excluding hydrogens is 466 g/mol. The van der Waals surface area contributed by atoms with E-state index >= 15 is 0 Å². The second kappa shape index (κ2) is 10.4. The summed E-state index contributed by atoms with van der Waals surface area (Å²) in [4.78, 5) is 29.6. The van der Waals surface area contributed by atoms with Gasteiger partial charge >= 0.3 is 0 Å².